The molecule has 1 aliphatic rings. The van der Waals surface area contributed by atoms with Gasteiger partial charge in [0.05, 0.1) is 18.1 Å². The summed E-state index contributed by atoms with van der Waals surface area (Å²) in [5.74, 6) is 2.10. The van der Waals surface area contributed by atoms with E-state index in [4.69, 9.17) is 13.9 Å². The maximum atomic E-state index is 13.1. The van der Waals surface area contributed by atoms with Crippen LogP contribution in [0.15, 0.2) is 51.7 Å². The van der Waals surface area contributed by atoms with E-state index in [1.54, 1.807) is 32.2 Å². The Labute approximate surface area is 187 Å². The van der Waals surface area contributed by atoms with Crippen LogP contribution < -0.4 is 20.2 Å². The second kappa shape index (κ2) is 9.47. The predicted molar refractivity (Wildman–Crippen MR) is 124 cm³/mol. The predicted octanol–water partition coefficient (Wildman–Crippen LogP) is 4.85. The molecule has 0 spiro atoms. The number of hydrogen-bond acceptors (Lipinski definition) is 5. The zero-order valence-corrected chi connectivity index (χ0v) is 18.8. The minimum absolute atomic E-state index is 0.0676. The van der Waals surface area contributed by atoms with Crippen molar-refractivity contribution in [1.29, 1.82) is 0 Å². The molecule has 0 unspecified atom stereocenters. The molecule has 2 atom stereocenters. The molecule has 1 heterocycles. The molecule has 0 saturated heterocycles. The van der Waals surface area contributed by atoms with Crippen LogP contribution >= 0.6 is 0 Å². The van der Waals surface area contributed by atoms with Gasteiger partial charge in [0.1, 0.15) is 22.8 Å². The van der Waals surface area contributed by atoms with E-state index in [9.17, 15) is 9.59 Å². The molecule has 0 aliphatic heterocycles. The molecule has 1 aliphatic carbocycles. The van der Waals surface area contributed by atoms with E-state index in [0.717, 1.165) is 30.6 Å². The number of rotatable bonds is 6. The van der Waals surface area contributed by atoms with Gasteiger partial charge in [0.2, 0.25) is 5.43 Å². The lowest BCUT2D eigenvalue weighted by Gasteiger charge is -2.29. The summed E-state index contributed by atoms with van der Waals surface area (Å²) in [6, 6.07) is 12.6. The van der Waals surface area contributed by atoms with Gasteiger partial charge < -0.3 is 19.2 Å². The summed E-state index contributed by atoms with van der Waals surface area (Å²) in [4.78, 5) is 25.5. The van der Waals surface area contributed by atoms with E-state index in [1.165, 1.54) is 6.42 Å². The van der Waals surface area contributed by atoms with Crippen molar-refractivity contribution in [3.05, 3.63) is 58.4 Å². The average Bonchev–Trinajstić information content (AvgIpc) is 2.79. The molecular formula is C26H29NO5. The van der Waals surface area contributed by atoms with Crippen LogP contribution in [-0.2, 0) is 4.79 Å². The van der Waals surface area contributed by atoms with Gasteiger partial charge >= 0.3 is 0 Å². The van der Waals surface area contributed by atoms with Crippen molar-refractivity contribution in [2.24, 2.45) is 5.92 Å². The SMILES string of the molecule is COc1ccc(-c2c(C)oc3cc(OCC(=O)N[C@H]4CCCC[C@@H]4C)ccc3c2=O)cc1. The molecule has 168 valence electrons. The van der Waals surface area contributed by atoms with Gasteiger partial charge in [-0.2, -0.15) is 0 Å². The Bertz CT molecular complexity index is 1170. The Morgan fingerprint density at radius 2 is 1.81 bits per heavy atom. The topological polar surface area (TPSA) is 77.8 Å². The molecule has 3 aromatic rings. The van der Waals surface area contributed by atoms with Crippen LogP contribution in [-0.4, -0.2) is 25.7 Å². The molecule has 1 amide bonds. The molecule has 1 N–H and O–H groups in total. The van der Waals surface area contributed by atoms with Crippen molar-refractivity contribution in [2.45, 2.75) is 45.6 Å². The zero-order chi connectivity index (χ0) is 22.7. The number of carbonyl (C=O) groups excluding carboxylic acids is 1. The number of nitrogens with one attached hydrogen (secondary N) is 1. The molecule has 4 rings (SSSR count). The van der Waals surface area contributed by atoms with Crippen LogP contribution in [0.1, 0.15) is 38.4 Å². The number of benzene rings is 2. The summed E-state index contributed by atoms with van der Waals surface area (Å²) >= 11 is 0. The summed E-state index contributed by atoms with van der Waals surface area (Å²) in [5.41, 5.74) is 1.62. The third-order valence-electron chi connectivity index (χ3n) is 6.25. The standard InChI is InChI=1S/C26H29NO5/c1-16-6-4-5-7-22(16)27-24(28)15-31-20-12-13-21-23(14-20)32-17(2)25(26(21)29)18-8-10-19(30-3)11-9-18/h8-14,16,22H,4-7,15H2,1-3H3,(H,27,28)/t16-,22-/m0/s1. The van der Waals surface area contributed by atoms with Crippen molar-refractivity contribution in [3.63, 3.8) is 0 Å². The molecular weight excluding hydrogens is 406 g/mol. The van der Waals surface area contributed by atoms with Crippen molar-refractivity contribution >= 4 is 16.9 Å². The van der Waals surface area contributed by atoms with Gasteiger partial charge in [0.15, 0.2) is 6.61 Å². The largest absolute Gasteiger partial charge is 0.497 e. The van der Waals surface area contributed by atoms with Gasteiger partial charge in [-0.25, -0.2) is 0 Å². The highest BCUT2D eigenvalue weighted by molar-refractivity contribution is 5.84. The molecule has 6 heteroatoms. The van der Waals surface area contributed by atoms with Crippen LogP contribution in [0.2, 0.25) is 0 Å². The van der Waals surface area contributed by atoms with Gasteiger partial charge in [-0.3, -0.25) is 9.59 Å². The molecule has 2 aromatic carbocycles. The lowest BCUT2D eigenvalue weighted by atomic mass is 9.86. The van der Waals surface area contributed by atoms with Crippen LogP contribution in [0, 0.1) is 12.8 Å². The van der Waals surface area contributed by atoms with Gasteiger partial charge in [-0.1, -0.05) is 31.9 Å². The fraction of sp³-hybridized carbons (Fsp3) is 0.385. The lowest BCUT2D eigenvalue weighted by Crippen LogP contribution is -2.43. The van der Waals surface area contributed by atoms with Crippen LogP contribution in [0.3, 0.4) is 0 Å². The minimum Gasteiger partial charge on any atom is -0.497 e. The third kappa shape index (κ3) is 4.64. The zero-order valence-electron chi connectivity index (χ0n) is 18.8. The normalized spacial score (nSPS) is 18.3. The van der Waals surface area contributed by atoms with E-state index in [0.29, 0.717) is 34.0 Å². The fourth-order valence-corrected chi connectivity index (χ4v) is 4.40. The number of aryl methyl sites for hydroxylation is 1. The fourth-order valence-electron chi connectivity index (χ4n) is 4.40. The second-order valence-corrected chi connectivity index (χ2v) is 8.47. The molecule has 1 aromatic heterocycles. The molecule has 1 fully saturated rings. The quantitative estimate of drug-likeness (QED) is 0.599. The first-order valence-corrected chi connectivity index (χ1v) is 11.1. The van der Waals surface area contributed by atoms with E-state index in [2.05, 4.69) is 12.2 Å². The summed E-state index contributed by atoms with van der Waals surface area (Å²) in [6.07, 6.45) is 4.54. The van der Waals surface area contributed by atoms with Crippen molar-refractivity contribution < 1.29 is 18.7 Å². The van der Waals surface area contributed by atoms with E-state index in [-0.39, 0.29) is 24.0 Å². The third-order valence-corrected chi connectivity index (χ3v) is 6.25. The number of hydrogen-bond donors (Lipinski definition) is 1. The van der Waals surface area contributed by atoms with Gasteiger partial charge in [-0.15, -0.1) is 0 Å². The molecule has 6 nitrogen and oxygen atoms in total. The molecule has 32 heavy (non-hydrogen) atoms. The number of ether oxygens (including phenoxy) is 2. The monoisotopic (exact) mass is 435 g/mol. The lowest BCUT2D eigenvalue weighted by molar-refractivity contribution is -0.124. The molecule has 0 radical (unpaired) electrons. The van der Waals surface area contributed by atoms with Crippen molar-refractivity contribution in [1.82, 2.24) is 5.32 Å². The minimum atomic E-state index is -0.128. The Kier molecular flexibility index (Phi) is 6.49. The van der Waals surface area contributed by atoms with E-state index < -0.39 is 0 Å². The highest BCUT2D eigenvalue weighted by Crippen LogP contribution is 2.28. The summed E-state index contributed by atoms with van der Waals surface area (Å²) in [5, 5.41) is 3.55. The van der Waals surface area contributed by atoms with E-state index in [1.807, 2.05) is 24.3 Å². The first-order valence-electron chi connectivity index (χ1n) is 11.1. The van der Waals surface area contributed by atoms with Crippen molar-refractivity contribution in [3.8, 4) is 22.6 Å². The van der Waals surface area contributed by atoms with Gasteiger partial charge in [0, 0.05) is 12.1 Å². The van der Waals surface area contributed by atoms with Gasteiger partial charge in [-0.05, 0) is 55.5 Å². The Morgan fingerprint density at radius 3 is 2.53 bits per heavy atom. The maximum absolute atomic E-state index is 13.1. The van der Waals surface area contributed by atoms with Gasteiger partial charge in [0.25, 0.3) is 5.91 Å². The number of carbonyl (C=O) groups is 1. The number of amides is 1. The van der Waals surface area contributed by atoms with Crippen molar-refractivity contribution in [2.75, 3.05) is 13.7 Å². The summed E-state index contributed by atoms with van der Waals surface area (Å²) in [6.45, 7) is 3.88. The summed E-state index contributed by atoms with van der Waals surface area (Å²) < 4.78 is 16.8. The Morgan fingerprint density at radius 1 is 1.09 bits per heavy atom. The molecule has 1 saturated carbocycles. The second-order valence-electron chi connectivity index (χ2n) is 8.47. The smallest absolute Gasteiger partial charge is 0.258 e. The van der Waals surface area contributed by atoms with E-state index >= 15 is 0 Å². The number of fused-ring (bicyclic) bond motifs is 1. The molecule has 0 bridgehead atoms. The highest BCUT2D eigenvalue weighted by Gasteiger charge is 2.23. The Balaban J connectivity index is 1.50. The Hall–Kier alpha value is -3.28. The summed E-state index contributed by atoms with van der Waals surface area (Å²) in [7, 11) is 1.60. The average molecular weight is 436 g/mol. The van der Waals surface area contributed by atoms with Crippen LogP contribution in [0.5, 0.6) is 11.5 Å². The first kappa shape index (κ1) is 21.9. The number of methoxy groups -OCH3 is 1. The highest BCUT2D eigenvalue weighted by atomic mass is 16.5. The maximum Gasteiger partial charge on any atom is 0.258 e. The van der Waals surface area contributed by atoms with Crippen LogP contribution in [0.4, 0.5) is 0 Å². The van der Waals surface area contributed by atoms with Crippen LogP contribution in [0.25, 0.3) is 22.1 Å². The first-order chi connectivity index (χ1) is 15.5.